The smallest absolute Gasteiger partial charge is 0.351 e. The van der Waals surface area contributed by atoms with Gasteiger partial charge in [0, 0.05) is 30.7 Å². The summed E-state index contributed by atoms with van der Waals surface area (Å²) < 4.78 is 18.4. The van der Waals surface area contributed by atoms with Crippen LogP contribution in [0.25, 0.3) is 0 Å². The van der Waals surface area contributed by atoms with Crippen molar-refractivity contribution >= 4 is 5.97 Å². The topological polar surface area (TPSA) is 68.9 Å². The number of furan rings is 1. The van der Waals surface area contributed by atoms with Crippen LogP contribution in [0.1, 0.15) is 30.6 Å². The van der Waals surface area contributed by atoms with Crippen molar-refractivity contribution in [3.8, 4) is 5.75 Å². The maximum absolute atomic E-state index is 13.5. The highest BCUT2D eigenvalue weighted by molar-refractivity contribution is 5.84. The van der Waals surface area contributed by atoms with E-state index in [2.05, 4.69) is 0 Å². The average Bonchev–Trinajstić information content (AvgIpc) is 3.44. The van der Waals surface area contributed by atoms with Gasteiger partial charge in [-0.1, -0.05) is 48.5 Å². The number of quaternary nitrogens is 1. The van der Waals surface area contributed by atoms with Gasteiger partial charge in [-0.3, -0.25) is 0 Å². The van der Waals surface area contributed by atoms with Gasteiger partial charge >= 0.3 is 5.97 Å². The Bertz CT molecular complexity index is 1060. The lowest BCUT2D eigenvalue weighted by Crippen LogP contribution is -2.65. The van der Waals surface area contributed by atoms with Crippen LogP contribution < -0.4 is 4.74 Å². The summed E-state index contributed by atoms with van der Waals surface area (Å²) in [7, 11) is 0. The molecule has 178 valence electrons. The molecule has 2 bridgehead atoms. The second-order valence-corrected chi connectivity index (χ2v) is 9.55. The van der Waals surface area contributed by atoms with E-state index in [1.54, 1.807) is 36.4 Å². The van der Waals surface area contributed by atoms with Gasteiger partial charge in [-0.2, -0.15) is 0 Å². The van der Waals surface area contributed by atoms with Crippen molar-refractivity contribution in [1.29, 1.82) is 0 Å². The molecule has 3 aliphatic heterocycles. The molecular weight excluding hydrogens is 430 g/mol. The minimum absolute atomic E-state index is 0.173. The van der Waals surface area contributed by atoms with Crippen molar-refractivity contribution in [2.24, 2.45) is 5.92 Å². The molecule has 6 rings (SSSR count). The fourth-order valence-corrected chi connectivity index (χ4v) is 5.52. The van der Waals surface area contributed by atoms with Gasteiger partial charge in [-0.25, -0.2) is 4.79 Å². The van der Waals surface area contributed by atoms with Gasteiger partial charge in [0.15, 0.2) is 11.9 Å². The highest BCUT2D eigenvalue weighted by Gasteiger charge is 2.51. The van der Waals surface area contributed by atoms with Crippen LogP contribution in [0.4, 0.5) is 0 Å². The molecule has 2 unspecified atom stereocenters. The van der Waals surface area contributed by atoms with Crippen molar-refractivity contribution < 1.29 is 28.3 Å². The Morgan fingerprint density at radius 1 is 1.00 bits per heavy atom. The zero-order chi connectivity index (χ0) is 23.4. The van der Waals surface area contributed by atoms with Crippen molar-refractivity contribution in [3.63, 3.8) is 0 Å². The van der Waals surface area contributed by atoms with Gasteiger partial charge in [0.2, 0.25) is 5.60 Å². The summed E-state index contributed by atoms with van der Waals surface area (Å²) >= 11 is 0. The van der Waals surface area contributed by atoms with E-state index in [-0.39, 0.29) is 11.9 Å². The third kappa shape index (κ3) is 4.48. The maximum Gasteiger partial charge on any atom is 0.351 e. The molecule has 2 aromatic carbocycles. The summed E-state index contributed by atoms with van der Waals surface area (Å²) in [4.78, 5) is 13.5. The van der Waals surface area contributed by atoms with E-state index in [4.69, 9.17) is 13.9 Å². The van der Waals surface area contributed by atoms with Crippen LogP contribution in [0.2, 0.25) is 0 Å². The molecule has 1 aromatic heterocycles. The molecule has 34 heavy (non-hydrogen) atoms. The van der Waals surface area contributed by atoms with Crippen LogP contribution in [0, 0.1) is 5.92 Å². The highest BCUT2D eigenvalue weighted by Crippen LogP contribution is 2.38. The number of hydrogen-bond acceptors (Lipinski definition) is 5. The molecule has 1 N–H and O–H groups in total. The van der Waals surface area contributed by atoms with Crippen molar-refractivity contribution in [2.45, 2.75) is 31.0 Å². The van der Waals surface area contributed by atoms with Crippen molar-refractivity contribution in [2.75, 3.05) is 32.8 Å². The SMILES string of the molecule is O=C(OC1C[N+]2(CCCOc3ccccc3)CCC1CC2)C(O)(c1ccccc1)c1ccco1. The Morgan fingerprint density at radius 3 is 2.38 bits per heavy atom. The quantitative estimate of drug-likeness (QED) is 0.294. The van der Waals surface area contributed by atoms with Crippen LogP contribution in [-0.2, 0) is 15.1 Å². The monoisotopic (exact) mass is 462 g/mol. The van der Waals surface area contributed by atoms with E-state index in [1.165, 1.54) is 6.26 Å². The molecule has 4 heterocycles. The molecule has 3 aromatic rings. The predicted octanol–water partition coefficient (Wildman–Crippen LogP) is 4.14. The molecule has 3 aliphatic rings. The average molecular weight is 463 g/mol. The first-order chi connectivity index (χ1) is 16.6. The molecule has 0 saturated carbocycles. The third-order valence-corrected chi connectivity index (χ3v) is 7.45. The highest BCUT2D eigenvalue weighted by atomic mass is 16.6. The number of nitrogens with zero attached hydrogens (tertiary/aromatic N) is 1. The lowest BCUT2D eigenvalue weighted by molar-refractivity contribution is -0.946. The number of esters is 1. The zero-order valence-corrected chi connectivity index (χ0v) is 19.3. The first-order valence-electron chi connectivity index (χ1n) is 12.1. The number of carbonyl (C=O) groups excluding carboxylic acids is 1. The summed E-state index contributed by atoms with van der Waals surface area (Å²) in [6.07, 6.45) is 4.25. The second-order valence-electron chi connectivity index (χ2n) is 9.55. The minimum Gasteiger partial charge on any atom is -0.493 e. The Hall–Kier alpha value is -3.09. The minimum atomic E-state index is -1.97. The predicted molar refractivity (Wildman–Crippen MR) is 127 cm³/mol. The molecular formula is C28H32NO5+. The Balaban J connectivity index is 1.25. The number of benzene rings is 2. The van der Waals surface area contributed by atoms with Crippen LogP contribution in [0.15, 0.2) is 83.5 Å². The lowest BCUT2D eigenvalue weighted by atomic mass is 9.82. The van der Waals surface area contributed by atoms with Gasteiger partial charge in [0.25, 0.3) is 0 Å². The van der Waals surface area contributed by atoms with Gasteiger partial charge in [0.1, 0.15) is 12.3 Å². The molecule has 0 aliphatic carbocycles. The van der Waals surface area contributed by atoms with Crippen LogP contribution >= 0.6 is 0 Å². The van der Waals surface area contributed by atoms with Crippen LogP contribution in [-0.4, -0.2) is 54.4 Å². The Morgan fingerprint density at radius 2 is 1.71 bits per heavy atom. The Kier molecular flexibility index (Phi) is 6.44. The molecule has 0 amide bonds. The van der Waals surface area contributed by atoms with Gasteiger partial charge in [-0.05, 0) is 24.3 Å². The largest absolute Gasteiger partial charge is 0.493 e. The fourth-order valence-electron chi connectivity index (χ4n) is 5.52. The molecule has 3 fully saturated rings. The van der Waals surface area contributed by atoms with Crippen LogP contribution in [0.3, 0.4) is 0 Å². The van der Waals surface area contributed by atoms with E-state index >= 15 is 0 Å². The van der Waals surface area contributed by atoms with Crippen molar-refractivity contribution in [3.05, 3.63) is 90.4 Å². The molecule has 6 heteroatoms. The lowest BCUT2D eigenvalue weighted by Gasteiger charge is -2.52. The normalized spacial score (nSPS) is 25.4. The van der Waals surface area contributed by atoms with Gasteiger partial charge < -0.3 is 23.5 Å². The van der Waals surface area contributed by atoms with Crippen LogP contribution in [0.5, 0.6) is 5.75 Å². The number of aliphatic hydroxyl groups is 1. The molecule has 0 spiro atoms. The molecule has 6 nitrogen and oxygen atoms in total. The third-order valence-electron chi connectivity index (χ3n) is 7.45. The summed E-state index contributed by atoms with van der Waals surface area (Å²) in [5.41, 5.74) is -1.52. The van der Waals surface area contributed by atoms with Gasteiger partial charge in [-0.15, -0.1) is 0 Å². The number of fused-ring (bicyclic) bond motifs is 3. The molecule has 3 saturated heterocycles. The number of piperidine rings is 3. The summed E-state index contributed by atoms with van der Waals surface area (Å²) in [5, 5.41) is 11.6. The molecule has 2 atom stereocenters. The standard InChI is InChI=1S/C28H32NO5/c30-27(28(31,26-13-7-19-33-26)23-9-3-1-4-10-23)34-25-21-29(17-14-22(25)15-18-29)16-8-20-32-24-11-5-2-6-12-24/h1-7,9-13,19,22,25,31H,8,14-18,20-21H2/q+1. The number of hydrogen-bond donors (Lipinski definition) is 1. The maximum atomic E-state index is 13.5. The summed E-state index contributed by atoms with van der Waals surface area (Å²) in [5.74, 6) is 0.732. The first-order valence-corrected chi connectivity index (χ1v) is 12.1. The zero-order valence-electron chi connectivity index (χ0n) is 19.3. The van der Waals surface area contributed by atoms with E-state index in [0.29, 0.717) is 18.1 Å². The molecule has 0 radical (unpaired) electrons. The number of rotatable bonds is 9. The van der Waals surface area contributed by atoms with E-state index in [0.717, 1.165) is 55.7 Å². The number of carbonyl (C=O) groups is 1. The Labute approximate surface area is 200 Å². The fraction of sp³-hybridized carbons (Fsp3) is 0.393. The second kappa shape index (κ2) is 9.65. The van der Waals surface area contributed by atoms with E-state index in [1.807, 2.05) is 36.4 Å². The van der Waals surface area contributed by atoms with E-state index < -0.39 is 11.6 Å². The number of ether oxygens (including phenoxy) is 2. The van der Waals surface area contributed by atoms with E-state index in [9.17, 15) is 9.90 Å². The first kappa shape index (κ1) is 22.7. The van der Waals surface area contributed by atoms with Crippen molar-refractivity contribution in [1.82, 2.24) is 0 Å². The summed E-state index contributed by atoms with van der Waals surface area (Å²) in [6, 6.07) is 22.1. The van der Waals surface area contributed by atoms with Gasteiger partial charge in [0.05, 0.1) is 32.5 Å². The number of para-hydroxylation sites is 1. The summed E-state index contributed by atoms with van der Waals surface area (Å²) in [6.45, 7) is 4.65.